The van der Waals surface area contributed by atoms with Crippen LogP contribution in [0.1, 0.15) is 12.8 Å². The molecular weight excluding hydrogens is 246 g/mol. The molecule has 0 aromatic carbocycles. The predicted octanol–water partition coefficient (Wildman–Crippen LogP) is -0.304. The van der Waals surface area contributed by atoms with Crippen LogP contribution in [0.5, 0.6) is 6.01 Å². The summed E-state index contributed by atoms with van der Waals surface area (Å²) in [6, 6.07) is 0.784. The largest absolute Gasteiger partial charge is 0.467 e. The Morgan fingerprint density at radius 3 is 2.84 bits per heavy atom. The Labute approximate surface area is 112 Å². The molecule has 19 heavy (non-hydrogen) atoms. The van der Waals surface area contributed by atoms with Crippen molar-refractivity contribution in [2.24, 2.45) is 5.84 Å². The van der Waals surface area contributed by atoms with Crippen LogP contribution in [0.25, 0.3) is 0 Å². The molecule has 0 bridgehead atoms. The highest BCUT2D eigenvalue weighted by Gasteiger charge is 2.23. The van der Waals surface area contributed by atoms with E-state index in [0.29, 0.717) is 17.9 Å². The minimum Gasteiger partial charge on any atom is -0.467 e. The molecular formula is C11H21N7O. The summed E-state index contributed by atoms with van der Waals surface area (Å²) in [6.45, 7) is 2.02. The van der Waals surface area contributed by atoms with E-state index in [-0.39, 0.29) is 6.01 Å². The second kappa shape index (κ2) is 5.98. The molecule has 1 unspecified atom stereocenters. The Morgan fingerprint density at radius 1 is 1.47 bits per heavy atom. The fourth-order valence-corrected chi connectivity index (χ4v) is 2.28. The molecule has 1 aromatic heterocycles. The summed E-state index contributed by atoms with van der Waals surface area (Å²) in [5.41, 5.74) is 2.42. The van der Waals surface area contributed by atoms with E-state index < -0.39 is 0 Å². The molecule has 2 heterocycles. The number of methoxy groups -OCH3 is 1. The van der Waals surface area contributed by atoms with Gasteiger partial charge in [0.2, 0.25) is 11.9 Å². The first-order valence-electron chi connectivity index (χ1n) is 6.32. The number of nitrogens with one attached hydrogen (secondary N) is 1. The molecule has 8 nitrogen and oxygen atoms in total. The van der Waals surface area contributed by atoms with Crippen molar-refractivity contribution in [2.75, 3.05) is 44.6 Å². The van der Waals surface area contributed by atoms with Gasteiger partial charge >= 0.3 is 6.01 Å². The van der Waals surface area contributed by atoms with Crippen molar-refractivity contribution in [3.63, 3.8) is 0 Å². The van der Waals surface area contributed by atoms with Crippen LogP contribution < -0.4 is 20.9 Å². The van der Waals surface area contributed by atoms with Crippen LogP contribution in [0.3, 0.4) is 0 Å². The zero-order valence-electron chi connectivity index (χ0n) is 11.6. The first-order valence-corrected chi connectivity index (χ1v) is 6.32. The van der Waals surface area contributed by atoms with Gasteiger partial charge in [0.05, 0.1) is 7.11 Å². The number of likely N-dealkylation sites (N-methyl/N-ethyl adjacent to an activating group) is 2. The van der Waals surface area contributed by atoms with Crippen LogP contribution in [0, 0.1) is 0 Å². The second-order valence-corrected chi connectivity index (χ2v) is 4.75. The molecule has 3 N–H and O–H groups in total. The normalized spacial score (nSPS) is 19.5. The van der Waals surface area contributed by atoms with Crippen LogP contribution in [-0.4, -0.2) is 60.2 Å². The van der Waals surface area contributed by atoms with Crippen LogP contribution in [0.15, 0.2) is 0 Å². The van der Waals surface area contributed by atoms with Crippen molar-refractivity contribution < 1.29 is 4.74 Å². The molecule has 8 heteroatoms. The number of rotatable bonds is 5. The SMILES string of the molecule is COc1nc(NN)nc(N(C)CC2CCCN2C)n1. The van der Waals surface area contributed by atoms with Gasteiger partial charge in [0, 0.05) is 19.6 Å². The molecule has 1 saturated heterocycles. The molecule has 106 valence electrons. The number of likely N-dealkylation sites (tertiary alicyclic amines) is 1. The number of ether oxygens (including phenoxy) is 1. The lowest BCUT2D eigenvalue weighted by atomic mass is 10.2. The van der Waals surface area contributed by atoms with Gasteiger partial charge in [-0.25, -0.2) is 5.84 Å². The molecule has 1 atom stereocenters. The first kappa shape index (κ1) is 13.8. The van der Waals surface area contributed by atoms with Crippen LogP contribution in [0.4, 0.5) is 11.9 Å². The lowest BCUT2D eigenvalue weighted by Crippen LogP contribution is -2.37. The summed E-state index contributed by atoms with van der Waals surface area (Å²) in [4.78, 5) is 16.8. The third-order valence-corrected chi connectivity index (χ3v) is 3.41. The van der Waals surface area contributed by atoms with Crippen molar-refractivity contribution in [2.45, 2.75) is 18.9 Å². The Hall–Kier alpha value is -1.67. The summed E-state index contributed by atoms with van der Waals surface area (Å²) in [7, 11) is 5.62. The van der Waals surface area contributed by atoms with Gasteiger partial charge in [-0.15, -0.1) is 0 Å². The summed E-state index contributed by atoms with van der Waals surface area (Å²) < 4.78 is 5.04. The summed E-state index contributed by atoms with van der Waals surface area (Å²) in [6.07, 6.45) is 2.44. The molecule has 0 radical (unpaired) electrons. The zero-order chi connectivity index (χ0) is 13.8. The fraction of sp³-hybridized carbons (Fsp3) is 0.727. The van der Waals surface area contributed by atoms with E-state index in [0.717, 1.165) is 13.1 Å². The van der Waals surface area contributed by atoms with E-state index in [1.165, 1.54) is 20.0 Å². The minimum absolute atomic E-state index is 0.254. The van der Waals surface area contributed by atoms with Gasteiger partial charge in [-0.2, -0.15) is 15.0 Å². The number of hydrogen-bond acceptors (Lipinski definition) is 8. The number of nitrogens with zero attached hydrogens (tertiary/aromatic N) is 5. The zero-order valence-corrected chi connectivity index (χ0v) is 11.6. The molecule has 1 aliphatic rings. The maximum Gasteiger partial charge on any atom is 0.322 e. The maximum atomic E-state index is 5.34. The number of hydrogen-bond donors (Lipinski definition) is 2. The molecule has 0 saturated carbocycles. The molecule has 1 aliphatic heterocycles. The van der Waals surface area contributed by atoms with E-state index in [2.05, 4.69) is 32.3 Å². The second-order valence-electron chi connectivity index (χ2n) is 4.75. The van der Waals surface area contributed by atoms with Crippen molar-refractivity contribution >= 4 is 11.9 Å². The van der Waals surface area contributed by atoms with Gasteiger partial charge in [-0.3, -0.25) is 5.43 Å². The predicted molar refractivity (Wildman–Crippen MR) is 73.1 cm³/mol. The highest BCUT2D eigenvalue weighted by atomic mass is 16.5. The van der Waals surface area contributed by atoms with Gasteiger partial charge in [0.1, 0.15) is 0 Å². The quantitative estimate of drug-likeness (QED) is 0.555. The average molecular weight is 267 g/mol. The van der Waals surface area contributed by atoms with Gasteiger partial charge in [-0.1, -0.05) is 0 Å². The maximum absolute atomic E-state index is 5.34. The smallest absolute Gasteiger partial charge is 0.322 e. The van der Waals surface area contributed by atoms with E-state index >= 15 is 0 Å². The van der Waals surface area contributed by atoms with E-state index in [1.807, 2.05) is 11.9 Å². The van der Waals surface area contributed by atoms with E-state index in [9.17, 15) is 0 Å². The Balaban J connectivity index is 2.11. The highest BCUT2D eigenvalue weighted by molar-refractivity contribution is 5.37. The van der Waals surface area contributed by atoms with Crippen molar-refractivity contribution in [3.05, 3.63) is 0 Å². The van der Waals surface area contributed by atoms with Gasteiger partial charge in [-0.05, 0) is 26.4 Å². The number of aromatic nitrogens is 3. The van der Waals surface area contributed by atoms with E-state index in [4.69, 9.17) is 10.6 Å². The first-order chi connectivity index (χ1) is 9.13. The molecule has 0 spiro atoms. The Morgan fingerprint density at radius 2 is 2.26 bits per heavy atom. The van der Waals surface area contributed by atoms with Crippen molar-refractivity contribution in [1.82, 2.24) is 19.9 Å². The van der Waals surface area contributed by atoms with Gasteiger partial charge < -0.3 is 14.5 Å². The number of anilines is 2. The molecule has 1 fully saturated rings. The summed E-state index contributed by atoms with van der Waals surface area (Å²) in [5.74, 6) is 6.20. The van der Waals surface area contributed by atoms with Gasteiger partial charge in [0.25, 0.3) is 0 Å². The third-order valence-electron chi connectivity index (χ3n) is 3.41. The minimum atomic E-state index is 0.254. The molecule has 2 rings (SSSR count). The lowest BCUT2D eigenvalue weighted by molar-refractivity contribution is 0.313. The number of hydrazine groups is 1. The Bertz CT molecular complexity index is 405. The van der Waals surface area contributed by atoms with Crippen LogP contribution in [0.2, 0.25) is 0 Å². The van der Waals surface area contributed by atoms with E-state index in [1.54, 1.807) is 0 Å². The van der Waals surface area contributed by atoms with Crippen molar-refractivity contribution in [1.29, 1.82) is 0 Å². The third kappa shape index (κ3) is 3.21. The average Bonchev–Trinajstić information content (AvgIpc) is 2.83. The molecule has 0 aliphatic carbocycles. The summed E-state index contributed by atoms with van der Waals surface area (Å²) in [5, 5.41) is 0. The topological polar surface area (TPSA) is 92.4 Å². The lowest BCUT2D eigenvalue weighted by Gasteiger charge is -2.25. The fourth-order valence-electron chi connectivity index (χ4n) is 2.28. The van der Waals surface area contributed by atoms with Gasteiger partial charge in [0.15, 0.2) is 0 Å². The standard InChI is InChI=1S/C11H21N7O/c1-17-6-4-5-8(17)7-18(2)10-13-9(16-12)14-11(15-10)19-3/h8H,4-7,12H2,1-3H3,(H,13,14,15,16). The Kier molecular flexibility index (Phi) is 4.33. The monoisotopic (exact) mass is 267 g/mol. The summed E-state index contributed by atoms with van der Waals surface area (Å²) >= 11 is 0. The number of nitrogens with two attached hydrogens (primary N) is 1. The number of nitrogen functional groups attached to an aromatic ring is 1. The van der Waals surface area contributed by atoms with Crippen molar-refractivity contribution in [3.8, 4) is 6.01 Å². The van der Waals surface area contributed by atoms with Crippen LogP contribution >= 0.6 is 0 Å². The van der Waals surface area contributed by atoms with Crippen LogP contribution in [-0.2, 0) is 0 Å². The highest BCUT2D eigenvalue weighted by Crippen LogP contribution is 2.18. The molecule has 1 aromatic rings. The molecule has 0 amide bonds.